The molecule has 0 saturated carbocycles. The van der Waals surface area contributed by atoms with Crippen LogP contribution in [0.1, 0.15) is 5.56 Å². The van der Waals surface area contributed by atoms with Crippen LogP contribution in [0.25, 0.3) is 5.69 Å². The van der Waals surface area contributed by atoms with Crippen molar-refractivity contribution < 1.29 is 4.74 Å². The van der Waals surface area contributed by atoms with Gasteiger partial charge < -0.3 is 10.2 Å². The third-order valence-electron chi connectivity index (χ3n) is 3.46. The van der Waals surface area contributed by atoms with Gasteiger partial charge in [0.25, 0.3) is 0 Å². The van der Waals surface area contributed by atoms with E-state index in [1.165, 1.54) is 0 Å². The van der Waals surface area contributed by atoms with Crippen LogP contribution in [0.15, 0.2) is 67.3 Å². The number of nitrogens with one attached hydrogen (secondary N) is 1. The van der Waals surface area contributed by atoms with Gasteiger partial charge in [0, 0.05) is 0 Å². The predicted molar refractivity (Wildman–Crippen MR) is 88.8 cm³/mol. The Hall–Kier alpha value is -3.75. The van der Waals surface area contributed by atoms with Crippen molar-refractivity contribution in [3.8, 4) is 17.4 Å². The number of benzene rings is 2. The molecule has 4 aromatic rings. The number of tetrazole rings is 1. The summed E-state index contributed by atoms with van der Waals surface area (Å²) in [4.78, 5) is 0. The molecule has 1 N–H and O–H groups in total. The fraction of sp³-hybridized carbons (Fsp3) is 0.0625. The van der Waals surface area contributed by atoms with E-state index < -0.39 is 0 Å². The molecule has 0 unspecified atom stereocenters. The van der Waals surface area contributed by atoms with Crippen LogP contribution in [-0.4, -0.2) is 35.1 Å². The minimum absolute atomic E-state index is 0.307. The largest absolute Gasteiger partial charge is 0.423 e. The van der Waals surface area contributed by atoms with Gasteiger partial charge in [-0.3, -0.25) is 0 Å². The average Bonchev–Trinajstić information content (AvgIpc) is 3.34. The lowest BCUT2D eigenvalue weighted by molar-refractivity contribution is 0.427. The van der Waals surface area contributed by atoms with Gasteiger partial charge in [-0.05, 0) is 40.3 Å². The maximum atomic E-state index is 5.79. The van der Waals surface area contributed by atoms with Crippen LogP contribution in [0, 0.1) is 0 Å². The number of rotatable bonds is 6. The first-order chi connectivity index (χ1) is 12.4. The summed E-state index contributed by atoms with van der Waals surface area (Å²) >= 11 is 0. The molecule has 0 fully saturated rings. The molecule has 9 heteroatoms. The van der Waals surface area contributed by atoms with Crippen LogP contribution >= 0.6 is 0 Å². The minimum Gasteiger partial charge on any atom is -0.423 e. The first-order valence-electron chi connectivity index (χ1n) is 7.57. The van der Waals surface area contributed by atoms with Crippen LogP contribution in [0.2, 0.25) is 0 Å². The molecule has 0 amide bonds. The molecule has 9 nitrogen and oxygen atoms in total. The molecule has 0 aliphatic carbocycles. The maximum absolute atomic E-state index is 5.79. The highest BCUT2D eigenvalue weighted by Crippen LogP contribution is 2.21. The maximum Gasteiger partial charge on any atom is 0.345 e. The van der Waals surface area contributed by atoms with Gasteiger partial charge in [-0.15, -0.1) is 10.2 Å². The molecule has 0 saturated heterocycles. The number of para-hydroxylation sites is 1. The summed E-state index contributed by atoms with van der Waals surface area (Å²) in [5, 5.41) is 19.0. The molecule has 2 aromatic carbocycles. The Morgan fingerprint density at radius 2 is 1.68 bits per heavy atom. The summed E-state index contributed by atoms with van der Waals surface area (Å²) in [7, 11) is 0. The van der Waals surface area contributed by atoms with Crippen molar-refractivity contribution in [1.29, 1.82) is 0 Å². The smallest absolute Gasteiger partial charge is 0.345 e. The summed E-state index contributed by atoms with van der Waals surface area (Å²) in [6, 6.07) is 17.5. The standard InChI is InChI=1S/C16H14N8O/c1-2-4-14(5-3-1)24-16(20-21-22-24)25-15-8-6-13(7-9-15)10-19-23-11-17-18-12-23/h1-9,11-12,19H,10H2. The number of hydrogen-bond acceptors (Lipinski definition) is 7. The van der Waals surface area contributed by atoms with E-state index in [4.69, 9.17) is 4.74 Å². The van der Waals surface area contributed by atoms with Gasteiger partial charge in [0.15, 0.2) is 0 Å². The lowest BCUT2D eigenvalue weighted by Crippen LogP contribution is -2.11. The Kier molecular flexibility index (Phi) is 4.02. The van der Waals surface area contributed by atoms with Gasteiger partial charge in [0.2, 0.25) is 0 Å². The summed E-state index contributed by atoms with van der Waals surface area (Å²) in [5.74, 6) is 0.653. The number of nitrogens with zero attached hydrogens (tertiary/aromatic N) is 7. The van der Waals surface area contributed by atoms with Gasteiger partial charge in [-0.1, -0.05) is 35.4 Å². The third kappa shape index (κ3) is 3.44. The summed E-state index contributed by atoms with van der Waals surface area (Å²) < 4.78 is 9.03. The molecule has 2 aromatic heterocycles. The Morgan fingerprint density at radius 1 is 0.920 bits per heavy atom. The number of hydrogen-bond donors (Lipinski definition) is 1. The van der Waals surface area contributed by atoms with Crippen molar-refractivity contribution in [3.63, 3.8) is 0 Å². The molecule has 0 aliphatic heterocycles. The zero-order valence-corrected chi connectivity index (χ0v) is 13.1. The summed E-state index contributed by atoms with van der Waals surface area (Å²) in [6.07, 6.45) is 3.20. The van der Waals surface area contributed by atoms with E-state index in [0.29, 0.717) is 18.3 Å². The van der Waals surface area contributed by atoms with E-state index in [1.54, 1.807) is 22.0 Å². The fourth-order valence-electron chi connectivity index (χ4n) is 2.22. The molecule has 0 spiro atoms. The highest BCUT2D eigenvalue weighted by Gasteiger charge is 2.10. The molecule has 0 bridgehead atoms. The Labute approximate surface area is 142 Å². The summed E-state index contributed by atoms with van der Waals surface area (Å²) in [6.45, 7) is 0.639. The predicted octanol–water partition coefficient (Wildman–Crippen LogP) is 1.79. The van der Waals surface area contributed by atoms with Gasteiger partial charge in [-0.2, -0.15) is 4.68 Å². The normalized spacial score (nSPS) is 10.6. The van der Waals surface area contributed by atoms with E-state index in [2.05, 4.69) is 31.1 Å². The van der Waals surface area contributed by atoms with E-state index in [9.17, 15) is 0 Å². The van der Waals surface area contributed by atoms with Crippen molar-refractivity contribution in [2.45, 2.75) is 6.54 Å². The van der Waals surface area contributed by atoms with Gasteiger partial charge in [0.05, 0.1) is 12.2 Å². The second kappa shape index (κ2) is 6.79. The second-order valence-electron chi connectivity index (χ2n) is 5.16. The van der Waals surface area contributed by atoms with Crippen LogP contribution in [0.5, 0.6) is 11.8 Å². The first-order valence-corrected chi connectivity index (χ1v) is 7.57. The Bertz CT molecular complexity index is 918. The zero-order valence-electron chi connectivity index (χ0n) is 13.1. The topological polar surface area (TPSA) is 95.6 Å². The molecule has 2 heterocycles. The van der Waals surface area contributed by atoms with Crippen LogP contribution < -0.4 is 10.2 Å². The van der Waals surface area contributed by atoms with Gasteiger partial charge in [-0.25, -0.2) is 4.68 Å². The third-order valence-corrected chi connectivity index (χ3v) is 3.46. The van der Waals surface area contributed by atoms with Crippen molar-refractivity contribution >= 4 is 0 Å². The van der Waals surface area contributed by atoms with Gasteiger partial charge >= 0.3 is 6.01 Å². The SMILES string of the molecule is c1ccc(-n2nnnc2Oc2ccc(CNn3cnnc3)cc2)cc1. The van der Waals surface area contributed by atoms with E-state index in [0.717, 1.165) is 11.3 Å². The molecule has 25 heavy (non-hydrogen) atoms. The summed E-state index contributed by atoms with van der Waals surface area (Å²) in [5.41, 5.74) is 5.07. The quantitative estimate of drug-likeness (QED) is 0.574. The molecule has 0 radical (unpaired) electrons. The van der Waals surface area contributed by atoms with E-state index in [1.807, 2.05) is 54.6 Å². The molecular weight excluding hydrogens is 320 g/mol. The highest BCUT2D eigenvalue weighted by atomic mass is 16.5. The minimum atomic E-state index is 0.307. The van der Waals surface area contributed by atoms with Crippen molar-refractivity contribution in [1.82, 2.24) is 35.1 Å². The fourth-order valence-corrected chi connectivity index (χ4v) is 2.22. The molecule has 0 atom stereocenters. The number of aromatic nitrogens is 7. The number of ether oxygens (including phenoxy) is 1. The van der Waals surface area contributed by atoms with Crippen molar-refractivity contribution in [2.24, 2.45) is 0 Å². The van der Waals surface area contributed by atoms with Crippen LogP contribution in [0.3, 0.4) is 0 Å². The Morgan fingerprint density at radius 3 is 2.44 bits per heavy atom. The van der Waals surface area contributed by atoms with Crippen LogP contribution in [-0.2, 0) is 6.54 Å². The lowest BCUT2D eigenvalue weighted by atomic mass is 10.2. The first kappa shape index (κ1) is 14.8. The van der Waals surface area contributed by atoms with Crippen molar-refractivity contribution in [3.05, 3.63) is 72.8 Å². The molecular formula is C16H14N8O. The highest BCUT2D eigenvalue weighted by molar-refractivity contribution is 5.34. The molecule has 0 aliphatic rings. The molecule has 124 valence electrons. The van der Waals surface area contributed by atoms with E-state index >= 15 is 0 Å². The van der Waals surface area contributed by atoms with Crippen LogP contribution in [0.4, 0.5) is 0 Å². The monoisotopic (exact) mass is 334 g/mol. The second-order valence-corrected chi connectivity index (χ2v) is 5.16. The van der Waals surface area contributed by atoms with E-state index in [-0.39, 0.29) is 0 Å². The zero-order chi connectivity index (χ0) is 16.9. The average molecular weight is 334 g/mol. The lowest BCUT2D eigenvalue weighted by Gasteiger charge is -2.08. The Balaban J connectivity index is 1.44. The van der Waals surface area contributed by atoms with Crippen molar-refractivity contribution in [2.75, 3.05) is 5.43 Å². The van der Waals surface area contributed by atoms with Gasteiger partial charge in [0.1, 0.15) is 18.4 Å². The molecule has 4 rings (SSSR count).